The Hall–Kier alpha value is -3.28. The Balaban J connectivity index is 1.84. The third kappa shape index (κ3) is 5.08. The molecule has 3 aromatic rings. The fourth-order valence-corrected chi connectivity index (χ4v) is 3.68. The molecule has 0 bridgehead atoms. The molecular weight excluding hydrogens is 392 g/mol. The summed E-state index contributed by atoms with van der Waals surface area (Å²) in [6.07, 6.45) is 4.09. The summed E-state index contributed by atoms with van der Waals surface area (Å²) in [4.78, 5) is 24.5. The van der Waals surface area contributed by atoms with Crippen molar-refractivity contribution >= 4 is 22.8 Å². The number of fused-ring (bicyclic) bond motifs is 1. The predicted octanol–water partition coefficient (Wildman–Crippen LogP) is 4.65. The lowest BCUT2D eigenvalue weighted by molar-refractivity contribution is 0.0600. The number of esters is 1. The number of aromatic nitrogens is 1. The second-order valence-corrected chi connectivity index (χ2v) is 7.63. The van der Waals surface area contributed by atoms with Crippen LogP contribution in [0.3, 0.4) is 0 Å². The largest absolute Gasteiger partial charge is 0.496 e. The van der Waals surface area contributed by atoms with Crippen LogP contribution in [0.25, 0.3) is 10.9 Å². The molecule has 0 atom stereocenters. The molecule has 0 aliphatic carbocycles. The molecule has 31 heavy (non-hydrogen) atoms. The zero-order chi connectivity index (χ0) is 22.4. The van der Waals surface area contributed by atoms with E-state index in [1.807, 2.05) is 36.5 Å². The Kier molecular flexibility index (Phi) is 7.34. The topological polar surface area (TPSA) is 69.6 Å². The van der Waals surface area contributed by atoms with Gasteiger partial charge in [-0.3, -0.25) is 4.79 Å². The van der Waals surface area contributed by atoms with Gasteiger partial charge in [-0.15, -0.1) is 0 Å². The van der Waals surface area contributed by atoms with Crippen LogP contribution in [0.5, 0.6) is 5.75 Å². The number of ether oxygens (including phenoxy) is 2. The normalized spacial score (nSPS) is 11.0. The number of nitrogens with zero attached hydrogens (tertiary/aromatic N) is 1. The van der Waals surface area contributed by atoms with Crippen molar-refractivity contribution in [2.24, 2.45) is 5.92 Å². The Morgan fingerprint density at radius 3 is 2.42 bits per heavy atom. The molecule has 3 rings (SSSR count). The van der Waals surface area contributed by atoms with E-state index in [9.17, 15) is 9.59 Å². The van der Waals surface area contributed by atoms with Crippen molar-refractivity contribution in [2.75, 3.05) is 20.8 Å². The van der Waals surface area contributed by atoms with E-state index in [4.69, 9.17) is 9.47 Å². The maximum Gasteiger partial charge on any atom is 0.337 e. The van der Waals surface area contributed by atoms with Gasteiger partial charge in [-0.05, 0) is 41.6 Å². The number of benzene rings is 2. The van der Waals surface area contributed by atoms with Gasteiger partial charge in [-0.25, -0.2) is 4.79 Å². The van der Waals surface area contributed by atoms with Gasteiger partial charge in [0.15, 0.2) is 0 Å². The number of nitrogens with one attached hydrogen (secondary N) is 1. The second kappa shape index (κ2) is 10.2. The van der Waals surface area contributed by atoms with E-state index < -0.39 is 5.97 Å². The van der Waals surface area contributed by atoms with Crippen LogP contribution in [-0.2, 0) is 11.3 Å². The third-order valence-electron chi connectivity index (χ3n) is 5.79. The monoisotopic (exact) mass is 422 g/mol. The highest BCUT2D eigenvalue weighted by molar-refractivity contribution is 5.98. The molecule has 6 heteroatoms. The van der Waals surface area contributed by atoms with E-state index in [0.29, 0.717) is 35.9 Å². The molecule has 1 amide bonds. The van der Waals surface area contributed by atoms with E-state index in [-0.39, 0.29) is 5.91 Å². The Labute approximate surface area is 183 Å². The number of rotatable bonds is 9. The number of carbonyl (C=O) groups excluding carboxylic acids is 2. The molecule has 0 fully saturated rings. The molecule has 0 spiro atoms. The first-order chi connectivity index (χ1) is 15.0. The third-order valence-corrected chi connectivity index (χ3v) is 5.79. The molecule has 0 saturated heterocycles. The van der Waals surface area contributed by atoms with Crippen LogP contribution in [0.15, 0.2) is 48.7 Å². The molecular formula is C25H30N2O4. The minimum absolute atomic E-state index is 0.0541. The van der Waals surface area contributed by atoms with Crippen LogP contribution in [0.4, 0.5) is 0 Å². The Morgan fingerprint density at radius 1 is 1.00 bits per heavy atom. The van der Waals surface area contributed by atoms with Crippen LogP contribution in [-0.4, -0.2) is 37.2 Å². The molecule has 1 heterocycles. The molecule has 0 aliphatic rings. The summed E-state index contributed by atoms with van der Waals surface area (Å²) in [6.45, 7) is 5.53. The molecule has 6 nitrogen and oxygen atoms in total. The van der Waals surface area contributed by atoms with Crippen LogP contribution in [0, 0.1) is 5.92 Å². The number of carbonyl (C=O) groups is 2. The van der Waals surface area contributed by atoms with E-state index in [2.05, 4.69) is 23.7 Å². The fraction of sp³-hybridized carbons (Fsp3) is 0.360. The van der Waals surface area contributed by atoms with Gasteiger partial charge >= 0.3 is 5.97 Å². The van der Waals surface area contributed by atoms with Crippen molar-refractivity contribution in [1.82, 2.24) is 9.88 Å². The average molecular weight is 423 g/mol. The quantitative estimate of drug-likeness (QED) is 0.510. The van der Waals surface area contributed by atoms with Crippen molar-refractivity contribution in [3.8, 4) is 5.75 Å². The molecule has 0 radical (unpaired) electrons. The highest BCUT2D eigenvalue weighted by Gasteiger charge is 2.14. The van der Waals surface area contributed by atoms with E-state index in [1.54, 1.807) is 19.2 Å². The first-order valence-electron chi connectivity index (χ1n) is 10.6. The maximum absolute atomic E-state index is 12.7. The Bertz CT molecular complexity index is 1070. The summed E-state index contributed by atoms with van der Waals surface area (Å²) in [5.74, 6) is 0.655. The predicted molar refractivity (Wildman–Crippen MR) is 122 cm³/mol. The summed E-state index contributed by atoms with van der Waals surface area (Å²) >= 11 is 0. The van der Waals surface area contributed by atoms with E-state index in [1.165, 1.54) is 7.11 Å². The van der Waals surface area contributed by atoms with Gasteiger partial charge in [0.05, 0.1) is 26.3 Å². The van der Waals surface area contributed by atoms with Crippen molar-refractivity contribution in [3.63, 3.8) is 0 Å². The summed E-state index contributed by atoms with van der Waals surface area (Å²) in [7, 11) is 2.93. The lowest BCUT2D eigenvalue weighted by atomic mass is 10.0. The number of hydrogen-bond donors (Lipinski definition) is 1. The summed E-state index contributed by atoms with van der Waals surface area (Å²) < 4.78 is 12.4. The number of methoxy groups -OCH3 is 2. The number of amides is 1. The first-order valence-corrected chi connectivity index (χ1v) is 10.6. The van der Waals surface area contributed by atoms with Crippen molar-refractivity contribution in [1.29, 1.82) is 0 Å². The van der Waals surface area contributed by atoms with Crippen LogP contribution >= 0.6 is 0 Å². The van der Waals surface area contributed by atoms with Gasteiger partial charge in [-0.2, -0.15) is 0 Å². The lowest BCUT2D eigenvalue weighted by Gasteiger charge is -2.14. The van der Waals surface area contributed by atoms with Crippen LogP contribution < -0.4 is 10.1 Å². The standard InChI is InChI=1S/C25H30N2O4/c1-5-17(6-2)15-26-24(28)19-8-7-18-11-12-27(22(18)13-19)16-21-10-9-20(25(29)31-4)14-23(21)30-3/h7-14,17H,5-6,15-16H2,1-4H3,(H,26,28). The zero-order valence-corrected chi connectivity index (χ0v) is 18.6. The lowest BCUT2D eigenvalue weighted by Crippen LogP contribution is -2.28. The van der Waals surface area contributed by atoms with Crippen LogP contribution in [0.1, 0.15) is 53.0 Å². The first kappa shape index (κ1) is 22.4. The molecule has 0 saturated carbocycles. The maximum atomic E-state index is 12.7. The van der Waals surface area contributed by atoms with Gasteiger partial charge in [0.1, 0.15) is 5.75 Å². The second-order valence-electron chi connectivity index (χ2n) is 7.63. The number of hydrogen-bond acceptors (Lipinski definition) is 4. The average Bonchev–Trinajstić information content (AvgIpc) is 3.21. The zero-order valence-electron chi connectivity index (χ0n) is 18.6. The minimum Gasteiger partial charge on any atom is -0.496 e. The summed E-state index contributed by atoms with van der Waals surface area (Å²) in [5.41, 5.74) is 2.98. The fourth-order valence-electron chi connectivity index (χ4n) is 3.68. The van der Waals surface area contributed by atoms with E-state index >= 15 is 0 Å². The van der Waals surface area contributed by atoms with Crippen molar-refractivity contribution < 1.29 is 19.1 Å². The highest BCUT2D eigenvalue weighted by atomic mass is 16.5. The summed E-state index contributed by atoms with van der Waals surface area (Å²) in [5, 5.41) is 4.11. The van der Waals surface area contributed by atoms with E-state index in [0.717, 1.165) is 29.3 Å². The molecule has 1 aromatic heterocycles. The molecule has 2 aromatic carbocycles. The van der Waals surface area contributed by atoms with Crippen molar-refractivity contribution in [2.45, 2.75) is 33.2 Å². The molecule has 1 N–H and O–H groups in total. The van der Waals surface area contributed by atoms with Gasteiger partial charge in [0.2, 0.25) is 0 Å². The Morgan fingerprint density at radius 2 is 1.74 bits per heavy atom. The van der Waals surface area contributed by atoms with Crippen molar-refractivity contribution in [3.05, 3.63) is 65.4 Å². The highest BCUT2D eigenvalue weighted by Crippen LogP contribution is 2.25. The smallest absolute Gasteiger partial charge is 0.337 e. The molecule has 164 valence electrons. The molecule has 0 unspecified atom stereocenters. The minimum atomic E-state index is -0.402. The van der Waals surface area contributed by atoms with Gasteiger partial charge in [0.25, 0.3) is 5.91 Å². The summed E-state index contributed by atoms with van der Waals surface area (Å²) in [6, 6.07) is 13.1. The molecule has 0 aliphatic heterocycles. The van der Waals surface area contributed by atoms with Gasteiger partial charge < -0.3 is 19.4 Å². The van der Waals surface area contributed by atoms with Gasteiger partial charge in [-0.1, -0.05) is 38.8 Å². The SMILES string of the molecule is CCC(CC)CNC(=O)c1ccc2ccn(Cc3ccc(C(=O)OC)cc3OC)c2c1. The van der Waals surface area contributed by atoms with Crippen LogP contribution in [0.2, 0.25) is 0 Å². The van der Waals surface area contributed by atoms with Gasteiger partial charge in [0, 0.05) is 29.4 Å².